The zero-order chi connectivity index (χ0) is 7.78. The third-order valence-corrected chi connectivity index (χ3v) is 2.22. The summed E-state index contributed by atoms with van der Waals surface area (Å²) in [6, 6.07) is 0. The lowest BCUT2D eigenvalue weighted by Gasteiger charge is -2.32. The summed E-state index contributed by atoms with van der Waals surface area (Å²) in [5.41, 5.74) is 0. The van der Waals surface area contributed by atoms with Gasteiger partial charge in [0.05, 0.1) is 0 Å². The fourth-order valence-electron chi connectivity index (χ4n) is 1.33. The Bertz CT molecular complexity index is 113. The fraction of sp³-hybridized carbons (Fsp3) is 1.00. The maximum absolute atomic E-state index is 12.7. The minimum atomic E-state index is -2.85. The van der Waals surface area contributed by atoms with Crippen LogP contribution in [0.25, 0.3) is 0 Å². The monoisotopic (exact) mass is 150 g/mol. The van der Waals surface area contributed by atoms with Crippen LogP contribution >= 0.6 is 0 Å². The van der Waals surface area contributed by atoms with Crippen LogP contribution in [0.4, 0.5) is 8.78 Å². The van der Waals surface area contributed by atoms with E-state index in [1.807, 2.05) is 0 Å². The molecule has 1 saturated carbocycles. The number of halogens is 2. The normalized spacial score (nSPS) is 39.6. The predicted molar refractivity (Wildman–Crippen MR) is 34.0 cm³/mol. The Kier molecular flexibility index (Phi) is 1.95. The lowest BCUT2D eigenvalue weighted by atomic mass is 9.85. The van der Waals surface area contributed by atoms with Gasteiger partial charge in [-0.3, -0.25) is 0 Å². The number of hydrogen-bond donors (Lipinski definition) is 1. The van der Waals surface area contributed by atoms with Crippen LogP contribution in [0.5, 0.6) is 0 Å². The molecule has 1 aliphatic rings. The number of alkyl halides is 2. The van der Waals surface area contributed by atoms with Gasteiger partial charge < -0.3 is 5.11 Å². The summed E-state index contributed by atoms with van der Waals surface area (Å²) in [5.74, 6) is -3.51. The zero-order valence-corrected chi connectivity index (χ0v) is 5.98. The van der Waals surface area contributed by atoms with Crippen molar-refractivity contribution in [1.29, 1.82) is 0 Å². The molecule has 1 fully saturated rings. The molecule has 0 aromatic rings. The van der Waals surface area contributed by atoms with Gasteiger partial charge in [-0.15, -0.1) is 0 Å². The molecule has 2 atom stereocenters. The van der Waals surface area contributed by atoms with E-state index in [4.69, 9.17) is 5.11 Å². The van der Waals surface area contributed by atoms with E-state index < -0.39 is 17.9 Å². The largest absolute Gasteiger partial charge is 0.387 e. The number of aliphatic hydroxyl groups is 1. The van der Waals surface area contributed by atoms with Gasteiger partial charge >= 0.3 is 0 Å². The Balaban J connectivity index is 2.63. The highest BCUT2D eigenvalue weighted by Gasteiger charge is 2.45. The molecule has 0 spiro atoms. The molecular formula is C7H12F2O. The Hall–Kier alpha value is -0.180. The molecule has 1 N–H and O–H groups in total. The van der Waals surface area contributed by atoms with Crippen molar-refractivity contribution < 1.29 is 13.9 Å². The van der Waals surface area contributed by atoms with Gasteiger partial charge in [-0.1, -0.05) is 13.3 Å². The van der Waals surface area contributed by atoms with Crippen molar-refractivity contribution in [2.45, 2.75) is 38.2 Å². The number of hydrogen-bond acceptors (Lipinski definition) is 1. The van der Waals surface area contributed by atoms with Gasteiger partial charge in [0.2, 0.25) is 0 Å². The summed E-state index contributed by atoms with van der Waals surface area (Å²) in [7, 11) is 0. The van der Waals surface area contributed by atoms with E-state index >= 15 is 0 Å². The van der Waals surface area contributed by atoms with E-state index in [0.29, 0.717) is 6.42 Å². The minimum Gasteiger partial charge on any atom is -0.387 e. The summed E-state index contributed by atoms with van der Waals surface area (Å²) < 4.78 is 25.5. The molecule has 1 rings (SSSR count). The van der Waals surface area contributed by atoms with Crippen molar-refractivity contribution in [3.05, 3.63) is 0 Å². The van der Waals surface area contributed by atoms with Crippen molar-refractivity contribution >= 4 is 0 Å². The van der Waals surface area contributed by atoms with Crippen molar-refractivity contribution in [1.82, 2.24) is 0 Å². The van der Waals surface area contributed by atoms with Crippen LogP contribution in [0.1, 0.15) is 26.2 Å². The standard InChI is InChI=1S/C7H12F2O/c1-5-3-2-4-6(10)7(5,8)9/h5-6,10H,2-4H2,1H3. The molecule has 0 heterocycles. The lowest BCUT2D eigenvalue weighted by molar-refractivity contribution is -0.163. The molecule has 0 saturated heterocycles. The van der Waals surface area contributed by atoms with Crippen molar-refractivity contribution in [3.8, 4) is 0 Å². The van der Waals surface area contributed by atoms with Gasteiger partial charge in [0.15, 0.2) is 0 Å². The van der Waals surface area contributed by atoms with E-state index in [9.17, 15) is 8.78 Å². The Morgan fingerprint density at radius 3 is 2.40 bits per heavy atom. The summed E-state index contributed by atoms with van der Waals surface area (Å²) in [4.78, 5) is 0. The average molecular weight is 150 g/mol. The second-order valence-electron chi connectivity index (χ2n) is 3.02. The topological polar surface area (TPSA) is 20.2 Å². The van der Waals surface area contributed by atoms with Gasteiger partial charge in [-0.2, -0.15) is 0 Å². The van der Waals surface area contributed by atoms with Crippen LogP contribution in [-0.2, 0) is 0 Å². The Morgan fingerprint density at radius 2 is 2.00 bits per heavy atom. The molecule has 2 unspecified atom stereocenters. The SMILES string of the molecule is CC1CCCC(O)C1(F)F. The van der Waals surface area contributed by atoms with Gasteiger partial charge in [0, 0.05) is 5.92 Å². The molecule has 0 bridgehead atoms. The van der Waals surface area contributed by atoms with Crippen LogP contribution in [0.2, 0.25) is 0 Å². The first-order valence-corrected chi connectivity index (χ1v) is 3.61. The molecule has 1 nitrogen and oxygen atoms in total. The van der Waals surface area contributed by atoms with Gasteiger partial charge in [0.1, 0.15) is 6.10 Å². The van der Waals surface area contributed by atoms with Crippen LogP contribution < -0.4 is 0 Å². The van der Waals surface area contributed by atoms with Crippen LogP contribution in [0, 0.1) is 5.92 Å². The van der Waals surface area contributed by atoms with Gasteiger partial charge in [0.25, 0.3) is 5.92 Å². The summed E-state index contributed by atoms with van der Waals surface area (Å²) >= 11 is 0. The highest BCUT2D eigenvalue weighted by molar-refractivity contribution is 4.86. The second kappa shape index (κ2) is 2.46. The number of rotatable bonds is 0. The molecule has 0 radical (unpaired) electrons. The lowest BCUT2D eigenvalue weighted by Crippen LogP contribution is -2.42. The quantitative estimate of drug-likeness (QED) is 0.558. The van der Waals surface area contributed by atoms with Crippen LogP contribution in [0.3, 0.4) is 0 Å². The van der Waals surface area contributed by atoms with E-state index in [1.165, 1.54) is 6.92 Å². The summed E-state index contributed by atoms with van der Waals surface area (Å²) in [6.45, 7) is 1.49. The molecule has 60 valence electrons. The smallest absolute Gasteiger partial charge is 0.275 e. The van der Waals surface area contributed by atoms with E-state index in [1.54, 1.807) is 0 Å². The molecule has 3 heteroatoms. The fourth-order valence-corrected chi connectivity index (χ4v) is 1.33. The highest BCUT2D eigenvalue weighted by atomic mass is 19.3. The van der Waals surface area contributed by atoms with Crippen molar-refractivity contribution in [2.75, 3.05) is 0 Å². The Labute approximate surface area is 59.0 Å². The maximum Gasteiger partial charge on any atom is 0.275 e. The predicted octanol–water partition coefficient (Wildman–Crippen LogP) is 1.80. The molecule has 1 aliphatic carbocycles. The highest BCUT2D eigenvalue weighted by Crippen LogP contribution is 2.37. The molecule has 0 aliphatic heterocycles. The van der Waals surface area contributed by atoms with Crippen LogP contribution in [0.15, 0.2) is 0 Å². The molecule has 0 aromatic carbocycles. The van der Waals surface area contributed by atoms with E-state index in [0.717, 1.165) is 6.42 Å². The summed E-state index contributed by atoms with van der Waals surface area (Å²) in [5, 5.41) is 8.86. The van der Waals surface area contributed by atoms with Gasteiger partial charge in [-0.05, 0) is 12.8 Å². The maximum atomic E-state index is 12.7. The Morgan fingerprint density at radius 1 is 1.40 bits per heavy atom. The molecular weight excluding hydrogens is 138 g/mol. The summed E-state index contributed by atoms with van der Waals surface area (Å²) in [6.07, 6.45) is 0.0931. The first kappa shape index (κ1) is 7.92. The van der Waals surface area contributed by atoms with Crippen molar-refractivity contribution in [2.24, 2.45) is 5.92 Å². The van der Waals surface area contributed by atoms with E-state index in [-0.39, 0.29) is 6.42 Å². The van der Waals surface area contributed by atoms with Gasteiger partial charge in [-0.25, -0.2) is 8.78 Å². The first-order valence-electron chi connectivity index (χ1n) is 3.61. The number of aliphatic hydroxyl groups excluding tert-OH is 1. The molecule has 0 aromatic heterocycles. The molecule has 10 heavy (non-hydrogen) atoms. The average Bonchev–Trinajstić information content (AvgIpc) is 1.84. The van der Waals surface area contributed by atoms with Crippen molar-refractivity contribution in [3.63, 3.8) is 0 Å². The minimum absolute atomic E-state index is 0.247. The van der Waals surface area contributed by atoms with E-state index in [2.05, 4.69) is 0 Å². The zero-order valence-electron chi connectivity index (χ0n) is 5.98. The van der Waals surface area contributed by atoms with Crippen LogP contribution in [-0.4, -0.2) is 17.1 Å². The second-order valence-corrected chi connectivity index (χ2v) is 3.02. The third-order valence-electron chi connectivity index (χ3n) is 2.22. The molecule has 0 amide bonds. The first-order chi connectivity index (χ1) is 4.55. The third kappa shape index (κ3) is 1.15.